The van der Waals surface area contributed by atoms with Crippen molar-refractivity contribution >= 4 is 16.0 Å². The maximum atomic E-state index is 13.1. The van der Waals surface area contributed by atoms with Crippen molar-refractivity contribution in [3.63, 3.8) is 0 Å². The van der Waals surface area contributed by atoms with Gasteiger partial charge in [0.05, 0.1) is 24.5 Å². The SMILES string of the molecule is CC1=C2C[C@H]3[C@@H](CC[C@@H]4C[C@H](NS(C)(=O)=O)CC[C@@]43C)[C@@H]2CC[C@@]2(C1)O[C@@H]1C[C@H](C)CN(CC(=O)OCc3ccccc3)[C@H]1[C@H]2C. The molecule has 2 saturated heterocycles. The summed E-state index contributed by atoms with van der Waals surface area (Å²) in [5.41, 5.74) is 4.44. The van der Waals surface area contributed by atoms with Crippen LogP contribution in [-0.2, 0) is 30.9 Å². The van der Waals surface area contributed by atoms with E-state index in [-0.39, 0.29) is 29.8 Å². The summed E-state index contributed by atoms with van der Waals surface area (Å²) in [6.45, 7) is 11.2. The van der Waals surface area contributed by atoms with E-state index in [4.69, 9.17) is 9.47 Å². The Hall–Kier alpha value is -1.74. The highest BCUT2D eigenvalue weighted by atomic mass is 32.2. The lowest BCUT2D eigenvalue weighted by atomic mass is 9.52. The fraction of sp³-hybridized carbons (Fsp3) is 0.763. The maximum absolute atomic E-state index is 13.1. The van der Waals surface area contributed by atoms with E-state index in [1.807, 2.05) is 30.3 Å². The zero-order valence-electron chi connectivity index (χ0n) is 28.7. The summed E-state index contributed by atoms with van der Waals surface area (Å²) in [5, 5.41) is 0. The Morgan fingerprint density at radius 3 is 2.63 bits per heavy atom. The molecule has 1 spiro atoms. The summed E-state index contributed by atoms with van der Waals surface area (Å²) in [7, 11) is -3.17. The lowest BCUT2D eigenvalue weighted by molar-refractivity contribution is -0.148. The number of rotatable bonds is 6. The van der Waals surface area contributed by atoms with Crippen molar-refractivity contribution in [3.05, 3.63) is 47.0 Å². The fourth-order valence-corrected chi connectivity index (χ4v) is 12.6. The smallest absolute Gasteiger partial charge is 0.320 e. The summed E-state index contributed by atoms with van der Waals surface area (Å²) in [6.07, 6.45) is 12.6. The number of carbonyl (C=O) groups excluding carboxylic acids is 1. The second-order valence-electron chi connectivity index (χ2n) is 16.7. The van der Waals surface area contributed by atoms with Gasteiger partial charge < -0.3 is 9.47 Å². The van der Waals surface area contributed by atoms with Gasteiger partial charge in [-0.1, -0.05) is 62.2 Å². The third-order valence-corrected chi connectivity index (χ3v) is 14.6. The second-order valence-corrected chi connectivity index (χ2v) is 18.4. The van der Waals surface area contributed by atoms with Crippen LogP contribution in [0.15, 0.2) is 41.5 Å². The van der Waals surface area contributed by atoms with Crippen LogP contribution in [-0.4, -0.2) is 62.4 Å². The maximum Gasteiger partial charge on any atom is 0.320 e. The van der Waals surface area contributed by atoms with Gasteiger partial charge in [0.25, 0.3) is 0 Å². The van der Waals surface area contributed by atoms with Gasteiger partial charge in [-0.25, -0.2) is 13.1 Å². The highest BCUT2D eigenvalue weighted by molar-refractivity contribution is 7.88. The fourth-order valence-electron chi connectivity index (χ4n) is 11.7. The minimum atomic E-state index is -3.17. The number of benzene rings is 1. The predicted molar refractivity (Wildman–Crippen MR) is 180 cm³/mol. The van der Waals surface area contributed by atoms with Crippen LogP contribution in [0, 0.1) is 40.9 Å². The van der Waals surface area contributed by atoms with E-state index in [1.54, 1.807) is 11.1 Å². The van der Waals surface area contributed by atoms with Crippen molar-refractivity contribution < 1.29 is 22.7 Å². The van der Waals surface area contributed by atoms with Crippen LogP contribution in [0.2, 0.25) is 0 Å². The monoisotopic (exact) mass is 652 g/mol. The van der Waals surface area contributed by atoms with Crippen molar-refractivity contribution in [1.29, 1.82) is 0 Å². The van der Waals surface area contributed by atoms with Crippen LogP contribution in [0.5, 0.6) is 0 Å². The van der Waals surface area contributed by atoms with Gasteiger partial charge in [-0.2, -0.15) is 0 Å². The summed E-state index contributed by atoms with van der Waals surface area (Å²) in [5.74, 6) is 3.38. The number of allylic oxidation sites excluding steroid dienone is 1. The van der Waals surface area contributed by atoms with Gasteiger partial charge in [0.2, 0.25) is 10.0 Å². The van der Waals surface area contributed by atoms with Gasteiger partial charge in [-0.05, 0) is 112 Å². The number of sulfonamides is 1. The van der Waals surface area contributed by atoms with Crippen molar-refractivity contribution in [2.75, 3.05) is 19.3 Å². The molecule has 0 radical (unpaired) electrons. The number of hydrogen-bond acceptors (Lipinski definition) is 6. The molecule has 254 valence electrons. The van der Waals surface area contributed by atoms with Gasteiger partial charge >= 0.3 is 5.97 Å². The number of esters is 1. The van der Waals surface area contributed by atoms with Crippen LogP contribution in [0.3, 0.4) is 0 Å². The molecule has 0 aromatic heterocycles. The molecule has 0 amide bonds. The Bertz CT molecular complexity index is 1450. The minimum Gasteiger partial charge on any atom is -0.460 e. The molecule has 3 saturated carbocycles. The molecule has 2 aliphatic heterocycles. The van der Waals surface area contributed by atoms with Crippen molar-refractivity contribution in [1.82, 2.24) is 9.62 Å². The summed E-state index contributed by atoms with van der Waals surface area (Å²) in [4.78, 5) is 15.5. The first kappa shape index (κ1) is 32.8. The Morgan fingerprint density at radius 2 is 1.87 bits per heavy atom. The van der Waals surface area contributed by atoms with Crippen LogP contribution < -0.4 is 4.72 Å². The number of likely N-dealkylation sites (tertiary alicyclic amines) is 1. The highest BCUT2D eigenvalue weighted by Gasteiger charge is 2.60. The van der Waals surface area contributed by atoms with Gasteiger partial charge in [0.1, 0.15) is 6.61 Å². The molecule has 6 aliphatic rings. The second kappa shape index (κ2) is 12.3. The molecule has 1 N–H and O–H groups in total. The van der Waals surface area contributed by atoms with Crippen molar-refractivity contribution in [3.8, 4) is 0 Å². The topological polar surface area (TPSA) is 84.9 Å². The molecular formula is C38H56N2O5S. The lowest BCUT2D eigenvalue weighted by Crippen LogP contribution is -2.53. The van der Waals surface area contributed by atoms with Crippen molar-refractivity contribution in [2.24, 2.45) is 40.9 Å². The molecule has 7 rings (SSSR count). The summed E-state index contributed by atoms with van der Waals surface area (Å²) >= 11 is 0. The minimum absolute atomic E-state index is 0.0925. The molecule has 46 heavy (non-hydrogen) atoms. The molecule has 11 atom stereocenters. The molecule has 0 bridgehead atoms. The first-order valence-corrected chi connectivity index (χ1v) is 20.0. The number of carbonyl (C=O) groups is 1. The van der Waals surface area contributed by atoms with E-state index in [0.29, 0.717) is 48.2 Å². The number of nitrogens with zero attached hydrogens (tertiary/aromatic N) is 1. The van der Waals surface area contributed by atoms with E-state index in [1.165, 1.54) is 31.9 Å². The molecule has 8 heteroatoms. The third kappa shape index (κ3) is 6.03. The largest absolute Gasteiger partial charge is 0.460 e. The van der Waals surface area contributed by atoms with Crippen molar-refractivity contribution in [2.45, 2.75) is 122 Å². The number of ether oxygens (including phenoxy) is 2. The average molecular weight is 653 g/mol. The number of nitrogens with one attached hydrogen (secondary N) is 1. The zero-order valence-corrected chi connectivity index (χ0v) is 29.5. The molecule has 4 aliphatic carbocycles. The first-order chi connectivity index (χ1) is 21.8. The quantitative estimate of drug-likeness (QED) is 0.280. The van der Waals surface area contributed by atoms with Crippen LogP contribution in [0.1, 0.15) is 97.5 Å². The molecule has 2 heterocycles. The summed E-state index contributed by atoms with van der Waals surface area (Å²) < 4.78 is 39.9. The number of piperidine rings is 1. The van der Waals surface area contributed by atoms with E-state index in [2.05, 4.69) is 37.3 Å². The first-order valence-electron chi connectivity index (χ1n) is 18.1. The molecule has 0 unspecified atom stereocenters. The number of hydrogen-bond donors (Lipinski definition) is 1. The molecule has 1 aromatic carbocycles. The Balaban J connectivity index is 1.05. The Kier molecular flexibility index (Phi) is 8.77. The lowest BCUT2D eigenvalue weighted by Gasteiger charge is -2.54. The Morgan fingerprint density at radius 1 is 1.09 bits per heavy atom. The van der Waals surface area contributed by atoms with Gasteiger partial charge in [0.15, 0.2) is 0 Å². The third-order valence-electron chi connectivity index (χ3n) is 13.8. The molecule has 7 nitrogen and oxygen atoms in total. The van der Waals surface area contributed by atoms with Gasteiger partial charge in [0, 0.05) is 24.5 Å². The summed E-state index contributed by atoms with van der Waals surface area (Å²) in [6, 6.07) is 10.3. The zero-order chi connectivity index (χ0) is 32.4. The predicted octanol–water partition coefficient (Wildman–Crippen LogP) is 6.48. The number of fused-ring (bicyclic) bond motifs is 6. The standard InChI is InChI=1S/C38H56N2O5S/c1-24-17-34-36(40(21-24)22-35(41)44-23-27-9-7-6-8-10-27)26(3)38(45-34)16-14-30-31-12-11-28-18-29(39-46(5,42)43)13-15-37(28,4)33(31)19-32(30)25(2)20-38/h6-10,24,26,28-31,33-34,36,39H,11-23H2,1-5H3/t24-,26+,28+,29+,30-,31-,33-,34+,36-,37-,38-/m0/s1. The highest BCUT2D eigenvalue weighted by Crippen LogP contribution is 2.65. The van der Waals surface area contributed by atoms with Crippen LogP contribution in [0.25, 0.3) is 0 Å². The average Bonchev–Trinajstić information content (AvgIpc) is 3.46. The van der Waals surface area contributed by atoms with E-state index in [9.17, 15) is 13.2 Å². The molecule has 1 aromatic rings. The molecule has 5 fully saturated rings. The van der Waals surface area contributed by atoms with Crippen LogP contribution >= 0.6 is 0 Å². The van der Waals surface area contributed by atoms with E-state index in [0.717, 1.165) is 56.6 Å². The van der Waals surface area contributed by atoms with E-state index < -0.39 is 10.0 Å². The van der Waals surface area contributed by atoms with E-state index >= 15 is 0 Å². The molecular weight excluding hydrogens is 596 g/mol. The van der Waals surface area contributed by atoms with Crippen LogP contribution in [0.4, 0.5) is 0 Å². The Labute approximate surface area is 277 Å². The normalized spacial score (nSPS) is 42.6. The van der Waals surface area contributed by atoms with Gasteiger partial charge in [-0.3, -0.25) is 9.69 Å². The van der Waals surface area contributed by atoms with Gasteiger partial charge in [-0.15, -0.1) is 0 Å².